The van der Waals surface area contributed by atoms with Gasteiger partial charge in [-0.1, -0.05) is 12.1 Å². The van der Waals surface area contributed by atoms with E-state index in [9.17, 15) is 0 Å². The maximum absolute atomic E-state index is 5.64. The molecule has 0 fully saturated rings. The average Bonchev–Trinajstić information content (AvgIpc) is 2.17. The molecule has 0 amide bonds. The molecule has 2 nitrogen and oxygen atoms in total. The molecular weight excluding hydrogens is 164 g/mol. The van der Waals surface area contributed by atoms with Crippen LogP contribution < -0.4 is 9.47 Å². The van der Waals surface area contributed by atoms with Crippen molar-refractivity contribution in [3.63, 3.8) is 0 Å². The Balaban J connectivity index is 2.38. The van der Waals surface area contributed by atoms with Gasteiger partial charge in [-0.3, -0.25) is 0 Å². The van der Waals surface area contributed by atoms with E-state index in [1.165, 1.54) is 0 Å². The van der Waals surface area contributed by atoms with Crippen LogP contribution >= 0.6 is 0 Å². The number of ether oxygens (including phenoxy) is 2. The van der Waals surface area contributed by atoms with Gasteiger partial charge in [0.25, 0.3) is 0 Å². The summed E-state index contributed by atoms with van der Waals surface area (Å²) >= 11 is 0. The van der Waals surface area contributed by atoms with Gasteiger partial charge in [-0.05, 0) is 32.1 Å². The Kier molecular flexibility index (Phi) is 1.97. The number of allylic oxidation sites excluding steroid dienone is 1. The summed E-state index contributed by atoms with van der Waals surface area (Å²) < 4.78 is 11.3. The third-order valence-electron chi connectivity index (χ3n) is 2.07. The molecule has 13 heavy (non-hydrogen) atoms. The van der Waals surface area contributed by atoms with Gasteiger partial charge < -0.3 is 9.47 Å². The van der Waals surface area contributed by atoms with Crippen LogP contribution in [0.1, 0.15) is 13.8 Å². The molecule has 0 bridgehead atoms. The fraction of sp³-hybridized carbons (Fsp3) is 0.273. The van der Waals surface area contributed by atoms with Gasteiger partial charge in [0.05, 0.1) is 0 Å². The third-order valence-corrected chi connectivity index (χ3v) is 2.07. The van der Waals surface area contributed by atoms with Gasteiger partial charge in [0, 0.05) is 0 Å². The summed E-state index contributed by atoms with van der Waals surface area (Å²) in [5.41, 5.74) is 0. The summed E-state index contributed by atoms with van der Waals surface area (Å²) in [6.45, 7) is 3.92. The standard InChI is InChI=1S/C11H12O2/c1-3-9-8(2)12-10-6-4-5-7-11(10)13-9/h3-8H,1-2H3/b9-3+. The van der Waals surface area contributed by atoms with Crippen molar-refractivity contribution in [2.24, 2.45) is 0 Å². The van der Waals surface area contributed by atoms with Gasteiger partial charge in [0.2, 0.25) is 0 Å². The summed E-state index contributed by atoms with van der Waals surface area (Å²) in [5, 5.41) is 0. The number of fused-ring (bicyclic) bond motifs is 1. The van der Waals surface area contributed by atoms with Crippen LogP contribution in [0.2, 0.25) is 0 Å². The minimum atomic E-state index is 0.0138. The van der Waals surface area contributed by atoms with Crippen LogP contribution in [0.4, 0.5) is 0 Å². The van der Waals surface area contributed by atoms with Crippen molar-refractivity contribution >= 4 is 0 Å². The first-order valence-corrected chi connectivity index (χ1v) is 4.41. The maximum Gasteiger partial charge on any atom is 0.169 e. The van der Waals surface area contributed by atoms with E-state index in [0.29, 0.717) is 0 Å². The molecule has 1 atom stereocenters. The van der Waals surface area contributed by atoms with E-state index in [2.05, 4.69) is 0 Å². The first kappa shape index (κ1) is 8.17. The second kappa shape index (κ2) is 3.13. The quantitative estimate of drug-likeness (QED) is 0.605. The van der Waals surface area contributed by atoms with Gasteiger partial charge >= 0.3 is 0 Å². The lowest BCUT2D eigenvalue weighted by atomic mass is 10.2. The molecule has 0 spiro atoms. The molecule has 1 unspecified atom stereocenters. The lowest BCUT2D eigenvalue weighted by molar-refractivity contribution is 0.160. The van der Waals surface area contributed by atoms with Gasteiger partial charge in [0.15, 0.2) is 17.6 Å². The van der Waals surface area contributed by atoms with Crippen molar-refractivity contribution in [3.8, 4) is 11.5 Å². The minimum Gasteiger partial charge on any atom is -0.479 e. The van der Waals surface area contributed by atoms with Gasteiger partial charge in [-0.15, -0.1) is 0 Å². The predicted molar refractivity (Wildman–Crippen MR) is 50.9 cm³/mol. The zero-order valence-corrected chi connectivity index (χ0v) is 7.78. The lowest BCUT2D eigenvalue weighted by Crippen LogP contribution is -2.23. The Morgan fingerprint density at radius 3 is 2.62 bits per heavy atom. The highest BCUT2D eigenvalue weighted by Crippen LogP contribution is 2.34. The molecular formula is C11H12O2. The largest absolute Gasteiger partial charge is 0.479 e. The van der Waals surface area contributed by atoms with Crippen molar-refractivity contribution in [1.82, 2.24) is 0 Å². The molecule has 0 radical (unpaired) electrons. The van der Waals surface area contributed by atoms with E-state index in [1.807, 2.05) is 44.2 Å². The molecule has 68 valence electrons. The maximum atomic E-state index is 5.64. The number of benzene rings is 1. The predicted octanol–water partition coefficient (Wildman–Crippen LogP) is 2.75. The Hall–Kier alpha value is -1.44. The smallest absolute Gasteiger partial charge is 0.169 e. The van der Waals surface area contributed by atoms with Gasteiger partial charge in [0.1, 0.15) is 5.76 Å². The molecule has 1 aromatic rings. The summed E-state index contributed by atoms with van der Waals surface area (Å²) in [7, 11) is 0. The second-order valence-corrected chi connectivity index (χ2v) is 3.00. The summed E-state index contributed by atoms with van der Waals surface area (Å²) in [6.07, 6.45) is 1.94. The topological polar surface area (TPSA) is 18.5 Å². The van der Waals surface area contributed by atoms with Crippen molar-refractivity contribution in [2.45, 2.75) is 20.0 Å². The lowest BCUT2D eigenvalue weighted by Gasteiger charge is -2.25. The Bertz CT molecular complexity index is 342. The minimum absolute atomic E-state index is 0.0138. The van der Waals surface area contributed by atoms with E-state index in [1.54, 1.807) is 0 Å². The molecule has 1 aliphatic heterocycles. The first-order chi connectivity index (χ1) is 6.31. The fourth-order valence-corrected chi connectivity index (χ4v) is 1.38. The monoisotopic (exact) mass is 176 g/mol. The average molecular weight is 176 g/mol. The molecule has 0 saturated heterocycles. The van der Waals surface area contributed by atoms with E-state index in [4.69, 9.17) is 9.47 Å². The molecule has 2 heteroatoms. The molecule has 0 aliphatic carbocycles. The second-order valence-electron chi connectivity index (χ2n) is 3.00. The summed E-state index contributed by atoms with van der Waals surface area (Å²) in [5.74, 6) is 2.49. The normalized spacial score (nSPS) is 23.2. The highest BCUT2D eigenvalue weighted by atomic mass is 16.6. The fourth-order valence-electron chi connectivity index (χ4n) is 1.38. The van der Waals surface area contributed by atoms with Crippen molar-refractivity contribution in [3.05, 3.63) is 36.1 Å². The first-order valence-electron chi connectivity index (χ1n) is 4.41. The van der Waals surface area contributed by atoms with Crippen molar-refractivity contribution in [2.75, 3.05) is 0 Å². The molecule has 0 saturated carbocycles. The molecule has 1 heterocycles. The summed E-state index contributed by atoms with van der Waals surface area (Å²) in [6, 6.07) is 7.70. The Morgan fingerprint density at radius 1 is 1.23 bits per heavy atom. The zero-order valence-electron chi connectivity index (χ0n) is 7.78. The molecule has 1 aliphatic rings. The van der Waals surface area contributed by atoms with Crippen LogP contribution in [0.3, 0.4) is 0 Å². The van der Waals surface area contributed by atoms with Crippen LogP contribution in [0, 0.1) is 0 Å². The number of hydrogen-bond donors (Lipinski definition) is 0. The van der Waals surface area contributed by atoms with Crippen LogP contribution in [-0.2, 0) is 0 Å². The molecule has 0 N–H and O–H groups in total. The highest BCUT2D eigenvalue weighted by Gasteiger charge is 2.20. The van der Waals surface area contributed by atoms with Gasteiger partial charge in [-0.25, -0.2) is 0 Å². The van der Waals surface area contributed by atoms with Crippen molar-refractivity contribution in [1.29, 1.82) is 0 Å². The van der Waals surface area contributed by atoms with Crippen LogP contribution in [-0.4, -0.2) is 6.10 Å². The number of hydrogen-bond acceptors (Lipinski definition) is 2. The Morgan fingerprint density at radius 2 is 1.92 bits per heavy atom. The Labute approximate surface area is 77.8 Å². The molecule has 2 rings (SSSR count). The van der Waals surface area contributed by atoms with Gasteiger partial charge in [-0.2, -0.15) is 0 Å². The van der Waals surface area contributed by atoms with E-state index >= 15 is 0 Å². The van der Waals surface area contributed by atoms with Crippen LogP contribution in [0.15, 0.2) is 36.1 Å². The van der Waals surface area contributed by atoms with E-state index < -0.39 is 0 Å². The van der Waals surface area contributed by atoms with Crippen molar-refractivity contribution < 1.29 is 9.47 Å². The van der Waals surface area contributed by atoms with Crippen LogP contribution in [0.5, 0.6) is 11.5 Å². The van der Waals surface area contributed by atoms with Crippen LogP contribution in [0.25, 0.3) is 0 Å². The zero-order chi connectivity index (χ0) is 9.26. The number of para-hydroxylation sites is 2. The SMILES string of the molecule is C/C=C1/Oc2ccccc2OC1C. The van der Waals surface area contributed by atoms with E-state index in [-0.39, 0.29) is 6.10 Å². The summed E-state index contributed by atoms with van der Waals surface area (Å²) in [4.78, 5) is 0. The number of rotatable bonds is 0. The van der Waals surface area contributed by atoms with E-state index in [0.717, 1.165) is 17.3 Å². The molecule has 1 aromatic carbocycles. The molecule has 0 aromatic heterocycles. The highest BCUT2D eigenvalue weighted by molar-refractivity contribution is 5.43. The third kappa shape index (κ3) is 1.39.